The van der Waals surface area contributed by atoms with Crippen LogP contribution in [-0.4, -0.2) is 5.33 Å². The van der Waals surface area contributed by atoms with Crippen molar-refractivity contribution in [2.75, 3.05) is 5.33 Å². The normalized spacial score (nSPS) is 11.5. The fraction of sp³-hybridized carbons (Fsp3) is 0.0667. The Balaban J connectivity index is 2.31. The Morgan fingerprint density at radius 2 is 1.53 bits per heavy atom. The topological polar surface area (TPSA) is 0 Å². The standard InChI is InChI=1S/C15H12BrF/c16-10-15(11-17)14-8-6-13(7-9-14)12-4-2-1-3-5-12/h1-9,11H,10H2/b15-11-. The van der Waals surface area contributed by atoms with Gasteiger partial charge >= 0.3 is 0 Å². The first-order valence-electron chi connectivity index (χ1n) is 5.36. The summed E-state index contributed by atoms with van der Waals surface area (Å²) < 4.78 is 12.6. The van der Waals surface area contributed by atoms with Gasteiger partial charge in [0.15, 0.2) is 0 Å². The maximum Gasteiger partial charge on any atom is 0.0913 e. The number of alkyl halides is 1. The van der Waals surface area contributed by atoms with Crippen LogP contribution < -0.4 is 0 Å². The zero-order valence-corrected chi connectivity index (χ0v) is 10.8. The Morgan fingerprint density at radius 3 is 2.06 bits per heavy atom. The first-order valence-corrected chi connectivity index (χ1v) is 6.48. The molecule has 0 aromatic heterocycles. The highest BCUT2D eigenvalue weighted by Crippen LogP contribution is 2.23. The van der Waals surface area contributed by atoms with Gasteiger partial charge in [0, 0.05) is 5.33 Å². The van der Waals surface area contributed by atoms with Crippen LogP contribution in [-0.2, 0) is 0 Å². The summed E-state index contributed by atoms with van der Waals surface area (Å²) in [4.78, 5) is 0. The maximum absolute atomic E-state index is 12.6. The van der Waals surface area contributed by atoms with Crippen molar-refractivity contribution in [3.8, 4) is 11.1 Å². The van der Waals surface area contributed by atoms with Crippen LogP contribution in [0.4, 0.5) is 4.39 Å². The molecule has 0 aliphatic rings. The number of allylic oxidation sites excluding steroid dienone is 1. The van der Waals surface area contributed by atoms with Crippen LogP contribution in [0.3, 0.4) is 0 Å². The second kappa shape index (κ2) is 5.78. The van der Waals surface area contributed by atoms with Gasteiger partial charge in [0.05, 0.1) is 6.33 Å². The summed E-state index contributed by atoms with van der Waals surface area (Å²) >= 11 is 3.27. The zero-order chi connectivity index (χ0) is 12.1. The molecule has 2 aromatic rings. The lowest BCUT2D eigenvalue weighted by Gasteiger charge is -2.05. The molecule has 86 valence electrons. The zero-order valence-electron chi connectivity index (χ0n) is 9.24. The van der Waals surface area contributed by atoms with Crippen molar-refractivity contribution in [3.63, 3.8) is 0 Å². The van der Waals surface area contributed by atoms with E-state index in [-0.39, 0.29) is 0 Å². The molecule has 2 aromatic carbocycles. The Morgan fingerprint density at radius 1 is 0.941 bits per heavy atom. The predicted octanol–water partition coefficient (Wildman–Crippen LogP) is 5.06. The van der Waals surface area contributed by atoms with E-state index in [0.717, 1.165) is 11.1 Å². The highest BCUT2D eigenvalue weighted by Gasteiger charge is 2.01. The average Bonchev–Trinajstić information content (AvgIpc) is 2.42. The minimum absolute atomic E-state index is 0.522. The Labute approximate surface area is 109 Å². The molecule has 0 unspecified atom stereocenters. The fourth-order valence-corrected chi connectivity index (χ4v) is 2.12. The SMILES string of the molecule is F/C=C(/CBr)c1ccc(-c2ccccc2)cc1. The lowest BCUT2D eigenvalue weighted by atomic mass is 10.0. The molecule has 0 N–H and O–H groups in total. The summed E-state index contributed by atoms with van der Waals surface area (Å²) in [6, 6.07) is 18.0. The molecular formula is C15H12BrF. The highest BCUT2D eigenvalue weighted by molar-refractivity contribution is 9.09. The number of hydrogen-bond donors (Lipinski definition) is 0. The molecule has 2 rings (SSSR count). The molecule has 0 saturated heterocycles. The van der Waals surface area contributed by atoms with Crippen molar-refractivity contribution >= 4 is 21.5 Å². The average molecular weight is 291 g/mol. The molecule has 0 spiro atoms. The minimum atomic E-state index is 0.522. The number of benzene rings is 2. The molecule has 17 heavy (non-hydrogen) atoms. The third-order valence-electron chi connectivity index (χ3n) is 2.64. The van der Waals surface area contributed by atoms with Crippen LogP contribution in [0.5, 0.6) is 0 Å². The van der Waals surface area contributed by atoms with E-state index < -0.39 is 0 Å². The molecular weight excluding hydrogens is 279 g/mol. The molecule has 0 atom stereocenters. The van der Waals surface area contributed by atoms with Crippen LogP contribution in [0.25, 0.3) is 16.7 Å². The van der Waals surface area contributed by atoms with Crippen molar-refractivity contribution < 1.29 is 4.39 Å². The second-order valence-electron chi connectivity index (χ2n) is 3.71. The largest absolute Gasteiger partial charge is 0.215 e. The maximum atomic E-state index is 12.6. The molecule has 0 radical (unpaired) electrons. The van der Waals surface area contributed by atoms with Gasteiger partial charge in [-0.25, -0.2) is 4.39 Å². The van der Waals surface area contributed by atoms with E-state index in [1.54, 1.807) is 0 Å². The molecule has 0 heterocycles. The molecule has 2 heteroatoms. The van der Waals surface area contributed by atoms with E-state index >= 15 is 0 Å². The van der Waals surface area contributed by atoms with Gasteiger partial charge in [-0.2, -0.15) is 0 Å². The van der Waals surface area contributed by atoms with Gasteiger partial charge < -0.3 is 0 Å². The summed E-state index contributed by atoms with van der Waals surface area (Å²) in [5.41, 5.74) is 3.87. The highest BCUT2D eigenvalue weighted by atomic mass is 79.9. The smallest absolute Gasteiger partial charge is 0.0913 e. The van der Waals surface area contributed by atoms with Crippen molar-refractivity contribution in [1.29, 1.82) is 0 Å². The van der Waals surface area contributed by atoms with E-state index in [0.29, 0.717) is 17.2 Å². The van der Waals surface area contributed by atoms with Gasteiger partial charge in [0.2, 0.25) is 0 Å². The number of hydrogen-bond acceptors (Lipinski definition) is 0. The first-order chi connectivity index (χ1) is 8.35. The first kappa shape index (κ1) is 12.1. The summed E-state index contributed by atoms with van der Waals surface area (Å²) in [5, 5.41) is 0.522. The lowest BCUT2D eigenvalue weighted by molar-refractivity contribution is 0.723. The van der Waals surface area contributed by atoms with Crippen LogP contribution in [0, 0.1) is 0 Å². The van der Waals surface area contributed by atoms with E-state index in [4.69, 9.17) is 0 Å². The van der Waals surface area contributed by atoms with Crippen molar-refractivity contribution in [2.24, 2.45) is 0 Å². The van der Waals surface area contributed by atoms with Crippen molar-refractivity contribution in [2.45, 2.75) is 0 Å². The van der Waals surface area contributed by atoms with Gasteiger partial charge in [0.25, 0.3) is 0 Å². The van der Waals surface area contributed by atoms with Crippen LogP contribution in [0.1, 0.15) is 5.56 Å². The summed E-state index contributed by atoms with van der Waals surface area (Å²) in [7, 11) is 0. The van der Waals surface area contributed by atoms with Gasteiger partial charge in [-0.15, -0.1) is 0 Å². The van der Waals surface area contributed by atoms with Gasteiger partial charge in [-0.05, 0) is 22.3 Å². The fourth-order valence-electron chi connectivity index (χ4n) is 1.68. The van der Waals surface area contributed by atoms with Crippen LogP contribution in [0.2, 0.25) is 0 Å². The molecule has 0 aliphatic heterocycles. The van der Waals surface area contributed by atoms with E-state index in [2.05, 4.69) is 28.1 Å². The van der Waals surface area contributed by atoms with Crippen molar-refractivity contribution in [3.05, 3.63) is 66.5 Å². The van der Waals surface area contributed by atoms with E-state index in [1.165, 1.54) is 5.56 Å². The summed E-state index contributed by atoms with van der Waals surface area (Å²) in [6.07, 6.45) is 0.645. The Bertz CT molecular complexity index is 500. The quantitative estimate of drug-likeness (QED) is 0.693. The Hall–Kier alpha value is -1.41. The molecule has 0 fully saturated rings. The number of rotatable bonds is 3. The number of halogens is 2. The predicted molar refractivity (Wildman–Crippen MR) is 74.8 cm³/mol. The van der Waals surface area contributed by atoms with Crippen LogP contribution >= 0.6 is 15.9 Å². The van der Waals surface area contributed by atoms with E-state index in [1.807, 2.05) is 42.5 Å². The monoisotopic (exact) mass is 290 g/mol. The molecule has 0 saturated carbocycles. The van der Waals surface area contributed by atoms with Gasteiger partial charge in [0.1, 0.15) is 0 Å². The van der Waals surface area contributed by atoms with E-state index in [9.17, 15) is 4.39 Å². The molecule has 0 aliphatic carbocycles. The third-order valence-corrected chi connectivity index (χ3v) is 3.24. The summed E-state index contributed by atoms with van der Waals surface area (Å²) in [5.74, 6) is 0. The molecule has 0 amide bonds. The van der Waals surface area contributed by atoms with Gasteiger partial charge in [-0.1, -0.05) is 70.5 Å². The summed E-state index contributed by atoms with van der Waals surface area (Å²) in [6.45, 7) is 0. The second-order valence-corrected chi connectivity index (χ2v) is 4.27. The van der Waals surface area contributed by atoms with Crippen molar-refractivity contribution in [1.82, 2.24) is 0 Å². The lowest BCUT2D eigenvalue weighted by Crippen LogP contribution is -1.85. The van der Waals surface area contributed by atoms with Gasteiger partial charge in [-0.3, -0.25) is 0 Å². The molecule has 0 nitrogen and oxygen atoms in total. The Kier molecular flexibility index (Phi) is 4.10. The molecule has 0 bridgehead atoms. The minimum Gasteiger partial charge on any atom is -0.215 e. The van der Waals surface area contributed by atoms with Crippen LogP contribution in [0.15, 0.2) is 60.9 Å². The third kappa shape index (κ3) is 2.83.